The molecule has 2 atom stereocenters. The number of hydrogen-bond donors (Lipinski definition) is 1. The third-order valence-electron chi connectivity index (χ3n) is 4.43. The number of methoxy groups -OCH3 is 1. The van der Waals surface area contributed by atoms with Crippen molar-refractivity contribution in [1.82, 2.24) is 5.32 Å². The Kier molecular flexibility index (Phi) is 5.06. The molecule has 0 radical (unpaired) electrons. The summed E-state index contributed by atoms with van der Waals surface area (Å²) in [4.78, 5) is 0. The molecule has 1 aromatic rings. The van der Waals surface area contributed by atoms with E-state index >= 15 is 0 Å². The number of benzene rings is 1. The fourth-order valence-electron chi connectivity index (χ4n) is 2.98. The summed E-state index contributed by atoms with van der Waals surface area (Å²) in [5.41, 5.74) is 1.44. The van der Waals surface area contributed by atoms with E-state index in [9.17, 15) is 0 Å². The first-order valence-corrected chi connectivity index (χ1v) is 7.54. The van der Waals surface area contributed by atoms with Crippen molar-refractivity contribution in [2.45, 2.75) is 45.8 Å². The van der Waals surface area contributed by atoms with Crippen LogP contribution in [0.4, 0.5) is 0 Å². The molecule has 0 saturated carbocycles. The van der Waals surface area contributed by atoms with Crippen LogP contribution >= 0.6 is 0 Å². The number of rotatable bonds is 6. The first-order valence-electron chi connectivity index (χ1n) is 7.54. The van der Waals surface area contributed by atoms with Crippen LogP contribution < -0.4 is 10.1 Å². The summed E-state index contributed by atoms with van der Waals surface area (Å²) in [7, 11) is 1.74. The van der Waals surface area contributed by atoms with Crippen molar-refractivity contribution in [2.75, 3.05) is 20.3 Å². The maximum absolute atomic E-state index is 5.87. The molecule has 20 heavy (non-hydrogen) atoms. The van der Waals surface area contributed by atoms with Gasteiger partial charge in [-0.15, -0.1) is 0 Å². The summed E-state index contributed by atoms with van der Waals surface area (Å²) in [5, 5.41) is 3.60. The first-order chi connectivity index (χ1) is 9.57. The SMILES string of the molecule is COc1ccccc1CC1(CNC(C)C)CCOC1C. The summed E-state index contributed by atoms with van der Waals surface area (Å²) >= 11 is 0. The molecule has 1 fully saturated rings. The standard InChI is InChI=1S/C17H27NO2/c1-13(2)18-12-17(9-10-20-14(17)3)11-15-7-5-6-8-16(15)19-4/h5-8,13-14,18H,9-12H2,1-4H3. The molecule has 0 aromatic heterocycles. The van der Waals surface area contributed by atoms with Gasteiger partial charge in [0.15, 0.2) is 0 Å². The highest BCUT2D eigenvalue weighted by Crippen LogP contribution is 2.39. The Hall–Kier alpha value is -1.06. The second-order valence-electron chi connectivity index (χ2n) is 6.15. The fraction of sp³-hybridized carbons (Fsp3) is 0.647. The lowest BCUT2D eigenvalue weighted by Crippen LogP contribution is -2.43. The van der Waals surface area contributed by atoms with Crippen molar-refractivity contribution in [3.8, 4) is 5.75 Å². The van der Waals surface area contributed by atoms with E-state index < -0.39 is 0 Å². The van der Waals surface area contributed by atoms with Crippen LogP contribution in [0.25, 0.3) is 0 Å². The predicted octanol–water partition coefficient (Wildman–Crippen LogP) is 3.03. The maximum atomic E-state index is 5.87. The molecule has 1 heterocycles. The van der Waals surface area contributed by atoms with E-state index in [1.54, 1.807) is 7.11 Å². The fourth-order valence-corrected chi connectivity index (χ4v) is 2.98. The smallest absolute Gasteiger partial charge is 0.122 e. The van der Waals surface area contributed by atoms with Gasteiger partial charge in [0.2, 0.25) is 0 Å². The van der Waals surface area contributed by atoms with E-state index in [0.29, 0.717) is 6.04 Å². The van der Waals surface area contributed by atoms with Crippen molar-refractivity contribution in [1.29, 1.82) is 0 Å². The molecule has 1 saturated heterocycles. The van der Waals surface area contributed by atoms with Crippen molar-refractivity contribution in [3.05, 3.63) is 29.8 Å². The Labute approximate surface area is 122 Å². The Morgan fingerprint density at radius 1 is 1.40 bits per heavy atom. The van der Waals surface area contributed by atoms with E-state index in [1.165, 1.54) is 5.56 Å². The van der Waals surface area contributed by atoms with Crippen molar-refractivity contribution in [2.24, 2.45) is 5.41 Å². The Morgan fingerprint density at radius 3 is 2.75 bits per heavy atom. The third kappa shape index (κ3) is 3.33. The van der Waals surface area contributed by atoms with Crippen molar-refractivity contribution in [3.63, 3.8) is 0 Å². The van der Waals surface area contributed by atoms with Crippen LogP contribution in [-0.2, 0) is 11.2 Å². The summed E-state index contributed by atoms with van der Waals surface area (Å²) in [5.74, 6) is 0.982. The maximum Gasteiger partial charge on any atom is 0.122 e. The van der Waals surface area contributed by atoms with Crippen LogP contribution in [0.1, 0.15) is 32.8 Å². The normalized spacial score (nSPS) is 26.1. The molecule has 3 nitrogen and oxygen atoms in total. The number of ether oxygens (including phenoxy) is 2. The van der Waals surface area contributed by atoms with Gasteiger partial charge in [-0.25, -0.2) is 0 Å². The minimum atomic E-state index is 0.166. The van der Waals surface area contributed by atoms with E-state index in [1.807, 2.05) is 12.1 Å². The number of nitrogens with one attached hydrogen (secondary N) is 1. The Morgan fingerprint density at radius 2 is 2.15 bits per heavy atom. The van der Waals surface area contributed by atoms with Gasteiger partial charge >= 0.3 is 0 Å². The van der Waals surface area contributed by atoms with Gasteiger partial charge in [0, 0.05) is 24.6 Å². The van der Waals surface area contributed by atoms with Gasteiger partial charge in [-0.1, -0.05) is 32.0 Å². The zero-order chi connectivity index (χ0) is 14.6. The molecule has 1 aliphatic heterocycles. The van der Waals surface area contributed by atoms with E-state index in [2.05, 4.69) is 38.2 Å². The monoisotopic (exact) mass is 277 g/mol. The van der Waals surface area contributed by atoms with Crippen LogP contribution in [0.2, 0.25) is 0 Å². The zero-order valence-electron chi connectivity index (χ0n) is 13.1. The molecule has 1 N–H and O–H groups in total. The van der Waals surface area contributed by atoms with E-state index in [-0.39, 0.29) is 11.5 Å². The highest BCUT2D eigenvalue weighted by molar-refractivity contribution is 5.34. The Bertz CT molecular complexity index is 433. The summed E-state index contributed by atoms with van der Waals surface area (Å²) in [6, 6.07) is 8.82. The number of hydrogen-bond acceptors (Lipinski definition) is 3. The van der Waals surface area contributed by atoms with Crippen LogP contribution in [0.3, 0.4) is 0 Å². The summed E-state index contributed by atoms with van der Waals surface area (Å²) < 4.78 is 11.4. The molecule has 0 aliphatic carbocycles. The van der Waals surface area contributed by atoms with E-state index in [0.717, 1.165) is 31.7 Å². The largest absolute Gasteiger partial charge is 0.496 e. The minimum absolute atomic E-state index is 0.166. The van der Waals surface area contributed by atoms with Gasteiger partial charge in [0.1, 0.15) is 5.75 Å². The quantitative estimate of drug-likeness (QED) is 0.867. The van der Waals surface area contributed by atoms with Gasteiger partial charge < -0.3 is 14.8 Å². The summed E-state index contributed by atoms with van der Waals surface area (Å²) in [6.45, 7) is 8.43. The van der Waals surface area contributed by atoms with Gasteiger partial charge in [-0.05, 0) is 31.4 Å². The van der Waals surface area contributed by atoms with Gasteiger partial charge in [-0.2, -0.15) is 0 Å². The lowest BCUT2D eigenvalue weighted by atomic mass is 9.76. The lowest BCUT2D eigenvalue weighted by molar-refractivity contribution is 0.0618. The molecule has 2 unspecified atom stereocenters. The van der Waals surface area contributed by atoms with E-state index in [4.69, 9.17) is 9.47 Å². The molecular formula is C17H27NO2. The average Bonchev–Trinajstić information content (AvgIpc) is 2.79. The number of para-hydroxylation sites is 1. The van der Waals surface area contributed by atoms with Gasteiger partial charge in [-0.3, -0.25) is 0 Å². The molecule has 0 bridgehead atoms. The average molecular weight is 277 g/mol. The van der Waals surface area contributed by atoms with Crippen molar-refractivity contribution < 1.29 is 9.47 Å². The van der Waals surface area contributed by atoms with Crippen LogP contribution in [-0.4, -0.2) is 32.4 Å². The molecule has 3 heteroatoms. The second-order valence-corrected chi connectivity index (χ2v) is 6.15. The third-order valence-corrected chi connectivity index (χ3v) is 4.43. The van der Waals surface area contributed by atoms with Gasteiger partial charge in [0.05, 0.1) is 13.2 Å². The first kappa shape index (κ1) is 15.3. The topological polar surface area (TPSA) is 30.5 Å². The molecule has 2 rings (SSSR count). The molecule has 1 aromatic carbocycles. The van der Waals surface area contributed by atoms with Crippen LogP contribution in [0.15, 0.2) is 24.3 Å². The minimum Gasteiger partial charge on any atom is -0.496 e. The second kappa shape index (κ2) is 6.59. The highest BCUT2D eigenvalue weighted by atomic mass is 16.5. The molecule has 0 amide bonds. The predicted molar refractivity (Wildman–Crippen MR) is 82.3 cm³/mol. The van der Waals surface area contributed by atoms with Gasteiger partial charge in [0.25, 0.3) is 0 Å². The highest BCUT2D eigenvalue weighted by Gasteiger charge is 2.41. The van der Waals surface area contributed by atoms with Crippen LogP contribution in [0, 0.1) is 5.41 Å². The zero-order valence-corrected chi connectivity index (χ0v) is 13.1. The van der Waals surface area contributed by atoms with Crippen molar-refractivity contribution >= 4 is 0 Å². The van der Waals surface area contributed by atoms with Crippen LogP contribution in [0.5, 0.6) is 5.75 Å². The molecule has 0 spiro atoms. The molecule has 1 aliphatic rings. The summed E-state index contributed by atoms with van der Waals surface area (Å²) in [6.07, 6.45) is 2.38. The molecular weight excluding hydrogens is 250 g/mol. The lowest BCUT2D eigenvalue weighted by Gasteiger charge is -2.34. The Balaban J connectivity index is 2.19. The molecule has 112 valence electrons.